The summed E-state index contributed by atoms with van der Waals surface area (Å²) in [5.41, 5.74) is 7.28. The number of ether oxygens (including phenoxy) is 5. The molecule has 2 fully saturated rings. The minimum Gasteiger partial charge on any atom is -0.383 e. The van der Waals surface area contributed by atoms with Gasteiger partial charge in [-0.05, 0) is 38.5 Å². The number of aromatic nitrogens is 6. The largest absolute Gasteiger partial charge is 0.383 e. The highest BCUT2D eigenvalue weighted by molar-refractivity contribution is 5.93. The number of hydrogen-bond donors (Lipinski definition) is 1. The first-order valence-corrected chi connectivity index (χ1v) is 27.6. The molecule has 0 radical (unpaired) electrons. The van der Waals surface area contributed by atoms with Crippen LogP contribution in [-0.4, -0.2) is 272 Å². The quantitative estimate of drug-likeness (QED) is 0.0888. The van der Waals surface area contributed by atoms with Crippen LogP contribution in [0.15, 0.2) is 12.4 Å². The SMILES string of the molecule is CCC(=O)N(CCOC)CC(=O)N(CCCn1cc(C2CCCC2)nn1)CC(=O)N(CCOC)CC(=O)N(CCOC)CC(=O)N(CCCn1cc(C2CCCC2)nn1)CC(=O)N(CCOC)CC(=O)N(CCOC)CC(N)=O. The first kappa shape index (κ1) is 65.4. The summed E-state index contributed by atoms with van der Waals surface area (Å²) in [6.07, 6.45) is 13.5. The molecule has 8 amide bonds. The number of rotatable bonds is 40. The summed E-state index contributed by atoms with van der Waals surface area (Å²) in [4.78, 5) is 119. The zero-order valence-corrected chi connectivity index (χ0v) is 47.6. The highest BCUT2D eigenvalue weighted by Crippen LogP contribution is 2.33. The second kappa shape index (κ2) is 36.2. The van der Waals surface area contributed by atoms with Crippen molar-refractivity contribution >= 4 is 47.3 Å². The van der Waals surface area contributed by atoms with Crippen LogP contribution in [0.2, 0.25) is 0 Å². The summed E-state index contributed by atoms with van der Waals surface area (Å²) in [7, 11) is 7.27. The lowest BCUT2D eigenvalue weighted by molar-refractivity contribution is -0.149. The molecule has 4 rings (SSSR count). The van der Waals surface area contributed by atoms with E-state index < -0.39 is 80.6 Å². The van der Waals surface area contributed by atoms with Gasteiger partial charge in [-0.2, -0.15) is 0 Å². The fourth-order valence-corrected chi connectivity index (χ4v) is 9.55. The number of methoxy groups -OCH3 is 5. The Labute approximate surface area is 464 Å². The van der Waals surface area contributed by atoms with Crippen LogP contribution in [0.5, 0.6) is 0 Å². The predicted molar refractivity (Wildman–Crippen MR) is 287 cm³/mol. The molecule has 0 aromatic carbocycles. The van der Waals surface area contributed by atoms with Crippen molar-refractivity contribution in [1.82, 2.24) is 64.3 Å². The van der Waals surface area contributed by atoms with Crippen LogP contribution in [-0.2, 0) is 75.1 Å². The van der Waals surface area contributed by atoms with E-state index in [0.717, 1.165) is 62.8 Å². The van der Waals surface area contributed by atoms with Gasteiger partial charge in [0.25, 0.3) is 0 Å². The molecule has 2 aliphatic carbocycles. The fraction of sp³-hybridized carbons (Fsp3) is 0.769. The maximum absolute atomic E-state index is 14.6. The van der Waals surface area contributed by atoms with Gasteiger partial charge < -0.3 is 63.7 Å². The van der Waals surface area contributed by atoms with Crippen molar-refractivity contribution in [1.29, 1.82) is 0 Å². The normalized spacial score (nSPS) is 13.6. The number of carbonyl (C=O) groups excluding carboxylic acids is 8. The summed E-state index contributed by atoms with van der Waals surface area (Å²) in [5, 5.41) is 17.4. The molecule has 2 saturated carbocycles. The third-order valence-electron chi connectivity index (χ3n) is 14.2. The minimum atomic E-state index is -0.751. The molecule has 0 aliphatic heterocycles. The molecule has 2 aliphatic rings. The highest BCUT2D eigenvalue weighted by atomic mass is 16.5. The number of primary amides is 1. The van der Waals surface area contributed by atoms with Crippen molar-refractivity contribution in [3.05, 3.63) is 23.8 Å². The van der Waals surface area contributed by atoms with Crippen LogP contribution in [0.25, 0.3) is 0 Å². The molecule has 2 aromatic heterocycles. The molecule has 2 N–H and O–H groups in total. The van der Waals surface area contributed by atoms with Gasteiger partial charge in [-0.3, -0.25) is 47.7 Å². The van der Waals surface area contributed by atoms with Crippen LogP contribution >= 0.6 is 0 Å². The third kappa shape index (κ3) is 22.8. The Balaban J connectivity index is 1.57. The highest BCUT2D eigenvalue weighted by Gasteiger charge is 2.31. The van der Waals surface area contributed by atoms with E-state index in [0.29, 0.717) is 37.8 Å². The molecule has 0 bridgehead atoms. The molecule has 0 spiro atoms. The van der Waals surface area contributed by atoms with Crippen LogP contribution in [0.4, 0.5) is 0 Å². The average molecular weight is 1120 g/mol. The van der Waals surface area contributed by atoms with Gasteiger partial charge in [-0.15, -0.1) is 10.2 Å². The lowest BCUT2D eigenvalue weighted by atomic mass is 10.1. The van der Waals surface area contributed by atoms with Crippen LogP contribution in [0.1, 0.15) is 101 Å². The minimum absolute atomic E-state index is 0.0175. The van der Waals surface area contributed by atoms with Crippen molar-refractivity contribution in [3.63, 3.8) is 0 Å². The van der Waals surface area contributed by atoms with E-state index in [1.165, 1.54) is 69.8 Å². The van der Waals surface area contributed by atoms with E-state index >= 15 is 0 Å². The molecule has 444 valence electrons. The van der Waals surface area contributed by atoms with Crippen molar-refractivity contribution in [2.24, 2.45) is 5.73 Å². The Bertz CT molecular complexity index is 2200. The Kier molecular flexibility index (Phi) is 29.9. The number of aryl methyl sites for hydroxylation is 2. The van der Waals surface area contributed by atoms with Crippen molar-refractivity contribution in [2.45, 2.75) is 102 Å². The van der Waals surface area contributed by atoms with E-state index in [4.69, 9.17) is 29.4 Å². The lowest BCUT2D eigenvalue weighted by Crippen LogP contribution is -2.53. The molecule has 27 heteroatoms. The number of hydrogen-bond acceptors (Lipinski definition) is 17. The van der Waals surface area contributed by atoms with E-state index in [-0.39, 0.29) is 97.7 Å². The van der Waals surface area contributed by atoms with Gasteiger partial charge in [-0.25, -0.2) is 0 Å². The maximum atomic E-state index is 14.6. The Morgan fingerprint density at radius 2 is 0.709 bits per heavy atom. The maximum Gasteiger partial charge on any atom is 0.242 e. The van der Waals surface area contributed by atoms with Gasteiger partial charge in [0.15, 0.2) is 0 Å². The fourth-order valence-electron chi connectivity index (χ4n) is 9.55. The summed E-state index contributed by atoms with van der Waals surface area (Å²) < 4.78 is 29.7. The summed E-state index contributed by atoms with van der Waals surface area (Å²) in [6, 6.07) is 0. The van der Waals surface area contributed by atoms with Gasteiger partial charge >= 0.3 is 0 Å². The molecular weight excluding hydrogens is 1030 g/mol. The summed E-state index contributed by atoms with van der Waals surface area (Å²) >= 11 is 0. The molecular formula is C52H88N14O13. The number of nitrogens with zero attached hydrogens (tertiary/aromatic N) is 13. The van der Waals surface area contributed by atoms with Gasteiger partial charge in [0.1, 0.15) is 0 Å². The topological polar surface area (TPSA) is 293 Å². The van der Waals surface area contributed by atoms with E-state index in [2.05, 4.69) is 20.6 Å². The second-order valence-electron chi connectivity index (χ2n) is 20.0. The van der Waals surface area contributed by atoms with E-state index in [9.17, 15) is 38.4 Å². The molecule has 79 heavy (non-hydrogen) atoms. The third-order valence-corrected chi connectivity index (χ3v) is 14.2. The second-order valence-corrected chi connectivity index (χ2v) is 20.0. The smallest absolute Gasteiger partial charge is 0.242 e. The predicted octanol–water partition coefficient (Wildman–Crippen LogP) is -0.407. The Morgan fingerprint density at radius 1 is 0.443 bits per heavy atom. The zero-order valence-electron chi connectivity index (χ0n) is 47.6. The molecule has 2 aromatic rings. The Morgan fingerprint density at radius 3 is 0.975 bits per heavy atom. The molecule has 0 atom stereocenters. The van der Waals surface area contributed by atoms with Crippen LogP contribution < -0.4 is 5.73 Å². The van der Waals surface area contributed by atoms with Gasteiger partial charge in [0, 0.05) is 125 Å². The number of nitrogens with two attached hydrogens (primary N) is 1. The first-order chi connectivity index (χ1) is 38.1. The van der Waals surface area contributed by atoms with Crippen LogP contribution in [0.3, 0.4) is 0 Å². The standard InChI is InChI=1S/C52H88N14O13/c1-7-46(68)61(23-28-76-3)37-47(69)58(18-12-20-65-32-43(54-56-65)41-14-8-9-15-41)35-51(73)64(26-31-79-6)40-52(74)62(24-29-77-4)38-48(70)59(19-13-21-66-33-44(55-57-66)42-16-10-11-17-42)36-50(72)63(25-30-78-5)39-49(71)60(22-27-75-2)34-45(53)67/h32-33,41-42H,7-31,34-40H2,1-6H3,(H2,53,67). The molecule has 2 heterocycles. The molecule has 0 unspecified atom stereocenters. The zero-order chi connectivity index (χ0) is 57.5. The summed E-state index contributed by atoms with van der Waals surface area (Å²) in [6.45, 7) is -0.0245. The van der Waals surface area contributed by atoms with Crippen molar-refractivity contribution in [2.75, 3.05) is 160 Å². The number of amides is 8. The monoisotopic (exact) mass is 1120 g/mol. The van der Waals surface area contributed by atoms with E-state index in [1.807, 2.05) is 12.4 Å². The molecule has 27 nitrogen and oxygen atoms in total. The van der Waals surface area contributed by atoms with Gasteiger partial charge in [-0.1, -0.05) is 43.0 Å². The van der Waals surface area contributed by atoms with Crippen LogP contribution in [0, 0.1) is 0 Å². The van der Waals surface area contributed by atoms with Gasteiger partial charge in [0.2, 0.25) is 47.3 Å². The van der Waals surface area contributed by atoms with Crippen molar-refractivity contribution < 1.29 is 62.0 Å². The lowest BCUT2D eigenvalue weighted by Gasteiger charge is -2.32. The van der Waals surface area contributed by atoms with Gasteiger partial charge in [0.05, 0.1) is 90.2 Å². The molecule has 0 saturated heterocycles. The Hall–Kier alpha value is -6.16. The first-order valence-electron chi connectivity index (χ1n) is 27.6. The number of carbonyl (C=O) groups is 8. The summed E-state index contributed by atoms with van der Waals surface area (Å²) in [5.74, 6) is -3.77. The van der Waals surface area contributed by atoms with Crippen molar-refractivity contribution in [3.8, 4) is 0 Å². The van der Waals surface area contributed by atoms with E-state index in [1.54, 1.807) is 16.3 Å². The average Bonchev–Trinajstić information content (AvgIpc) is 4.32.